The van der Waals surface area contributed by atoms with Crippen molar-refractivity contribution in [3.63, 3.8) is 0 Å². The van der Waals surface area contributed by atoms with Crippen molar-refractivity contribution in [3.05, 3.63) is 45.5 Å². The minimum absolute atomic E-state index is 0.0334. The number of ketones is 1. The fourth-order valence-electron chi connectivity index (χ4n) is 4.94. The van der Waals surface area contributed by atoms with Gasteiger partial charge in [-0.15, -0.1) is 0 Å². The number of hydrogen-bond acceptors (Lipinski definition) is 5. The molecule has 0 spiro atoms. The molecule has 1 amide bonds. The minimum atomic E-state index is -4.92. The minimum Gasteiger partial charge on any atom is -0.481 e. The van der Waals surface area contributed by atoms with Crippen molar-refractivity contribution in [1.82, 2.24) is 19.7 Å². The van der Waals surface area contributed by atoms with E-state index in [1.54, 1.807) is 20.8 Å². The molecule has 0 saturated heterocycles. The summed E-state index contributed by atoms with van der Waals surface area (Å²) < 4.78 is 43.9. The van der Waals surface area contributed by atoms with Crippen LogP contribution in [0.5, 0.6) is 0 Å². The summed E-state index contributed by atoms with van der Waals surface area (Å²) in [7, 11) is 0. The number of carbonyl (C=O) groups is 3. The zero-order valence-electron chi connectivity index (χ0n) is 21.2. The highest BCUT2D eigenvalue weighted by molar-refractivity contribution is 6.39. The predicted octanol–water partition coefficient (Wildman–Crippen LogP) is 6.32. The zero-order valence-corrected chi connectivity index (χ0v) is 22.7. The number of pyridine rings is 1. The van der Waals surface area contributed by atoms with E-state index in [-0.39, 0.29) is 41.3 Å². The second-order valence-electron chi connectivity index (χ2n) is 9.75. The highest BCUT2D eigenvalue weighted by Crippen LogP contribution is 2.43. The van der Waals surface area contributed by atoms with Gasteiger partial charge >= 0.3 is 12.1 Å². The van der Waals surface area contributed by atoms with Crippen LogP contribution in [0.4, 0.5) is 13.2 Å². The van der Waals surface area contributed by atoms with Crippen molar-refractivity contribution < 1.29 is 32.7 Å². The normalized spacial score (nSPS) is 20.0. The Labute approximate surface area is 228 Å². The lowest BCUT2D eigenvalue weighted by atomic mass is 9.74. The van der Waals surface area contributed by atoms with Crippen LogP contribution >= 0.6 is 23.2 Å². The quantitative estimate of drug-likeness (QED) is 0.350. The zero-order chi connectivity index (χ0) is 28.4. The summed E-state index contributed by atoms with van der Waals surface area (Å²) in [5.74, 6) is -2.62. The molecule has 0 bridgehead atoms. The van der Waals surface area contributed by atoms with Gasteiger partial charge in [0.15, 0.2) is 11.5 Å². The largest absolute Gasteiger partial charge is 0.481 e. The maximum absolute atomic E-state index is 14.4. The van der Waals surface area contributed by atoms with Crippen LogP contribution in [0.1, 0.15) is 91.7 Å². The first-order valence-electron chi connectivity index (χ1n) is 12.3. The Morgan fingerprint density at radius 2 is 1.68 bits per heavy atom. The van der Waals surface area contributed by atoms with Crippen molar-refractivity contribution in [2.24, 2.45) is 5.41 Å². The Morgan fingerprint density at radius 1 is 1.13 bits per heavy atom. The number of nitrogens with zero attached hydrogens (tertiary/aromatic N) is 4. The molecule has 38 heavy (non-hydrogen) atoms. The summed E-state index contributed by atoms with van der Waals surface area (Å²) in [5.41, 5.74) is -2.98. The molecule has 1 fully saturated rings. The van der Waals surface area contributed by atoms with Crippen molar-refractivity contribution in [1.29, 1.82) is 0 Å². The summed E-state index contributed by atoms with van der Waals surface area (Å²) >= 11 is 12.2. The molecular formula is C25H29Cl2F3N4O4. The topological polar surface area (TPSA) is 105 Å². The number of Topliss-reactive ketones (excluding diaryl/α,β-unsaturated/α-hetero) is 1. The molecular weight excluding hydrogens is 548 g/mol. The maximum atomic E-state index is 14.4. The van der Waals surface area contributed by atoms with Crippen LogP contribution in [0.25, 0.3) is 0 Å². The summed E-state index contributed by atoms with van der Waals surface area (Å²) in [6.45, 7) is 4.55. The van der Waals surface area contributed by atoms with Gasteiger partial charge in [0.05, 0.1) is 45.4 Å². The van der Waals surface area contributed by atoms with Gasteiger partial charge in [0, 0.05) is 18.4 Å². The van der Waals surface area contributed by atoms with Gasteiger partial charge in [-0.1, -0.05) is 37.0 Å². The highest BCUT2D eigenvalue weighted by atomic mass is 35.5. The number of carbonyl (C=O) groups excluding carboxylic acids is 2. The van der Waals surface area contributed by atoms with E-state index in [4.69, 9.17) is 23.2 Å². The van der Waals surface area contributed by atoms with Crippen LogP contribution in [-0.4, -0.2) is 55.0 Å². The number of alkyl halides is 3. The molecule has 1 aliphatic rings. The van der Waals surface area contributed by atoms with E-state index in [0.717, 1.165) is 15.8 Å². The molecule has 1 aliphatic carbocycles. The smallest absolute Gasteiger partial charge is 0.433 e. The fourth-order valence-corrected chi connectivity index (χ4v) is 5.51. The van der Waals surface area contributed by atoms with Gasteiger partial charge in [-0.3, -0.25) is 24.0 Å². The number of carboxylic acid groups (broad SMARTS) is 1. The molecule has 2 heterocycles. The average Bonchev–Trinajstić information content (AvgIpc) is 3.30. The molecule has 1 N–H and O–H groups in total. The lowest BCUT2D eigenvalue weighted by Gasteiger charge is -2.35. The number of halogens is 5. The number of amides is 1. The van der Waals surface area contributed by atoms with Gasteiger partial charge in [-0.05, 0) is 45.4 Å². The molecule has 1 saturated carbocycles. The van der Waals surface area contributed by atoms with Crippen LogP contribution < -0.4 is 0 Å². The van der Waals surface area contributed by atoms with Gasteiger partial charge in [0.25, 0.3) is 5.91 Å². The average molecular weight is 577 g/mol. The molecule has 2 aromatic heterocycles. The summed E-state index contributed by atoms with van der Waals surface area (Å²) in [6.07, 6.45) is -0.157. The van der Waals surface area contributed by atoms with Crippen LogP contribution in [0.15, 0.2) is 18.6 Å². The summed E-state index contributed by atoms with van der Waals surface area (Å²) in [4.78, 5) is 43.3. The molecule has 13 heteroatoms. The van der Waals surface area contributed by atoms with Crippen LogP contribution in [0.3, 0.4) is 0 Å². The number of hydrogen-bond donors (Lipinski definition) is 1. The second kappa shape index (κ2) is 11.6. The SMILES string of the molecule is CCC(CC)N(CC(=O)c1c(Cl)cncc1Cl)C(=O)c1cnn([C@H]2CC[C@](C)(C(=O)O)CC2)c1C(F)(F)F. The van der Waals surface area contributed by atoms with Crippen molar-refractivity contribution in [2.45, 2.75) is 77.6 Å². The van der Waals surface area contributed by atoms with Crippen molar-refractivity contribution in [3.8, 4) is 0 Å². The molecule has 0 unspecified atom stereocenters. The van der Waals surface area contributed by atoms with E-state index >= 15 is 0 Å². The first-order chi connectivity index (χ1) is 17.7. The first-order valence-corrected chi connectivity index (χ1v) is 13.0. The summed E-state index contributed by atoms with van der Waals surface area (Å²) in [5, 5.41) is 13.3. The first kappa shape index (κ1) is 29.9. The van der Waals surface area contributed by atoms with E-state index < -0.39 is 59.1 Å². The van der Waals surface area contributed by atoms with Gasteiger partial charge in [-0.25, -0.2) is 0 Å². The molecule has 8 nitrogen and oxygen atoms in total. The number of aliphatic carboxylic acids is 1. The highest BCUT2D eigenvalue weighted by Gasteiger charge is 2.45. The van der Waals surface area contributed by atoms with Crippen molar-refractivity contribution in [2.75, 3.05) is 6.54 Å². The number of rotatable bonds is 9. The van der Waals surface area contributed by atoms with Crippen LogP contribution in [-0.2, 0) is 11.0 Å². The molecule has 0 atom stereocenters. The molecule has 0 aromatic carbocycles. The Hall–Kier alpha value is -2.66. The Morgan fingerprint density at radius 3 is 2.16 bits per heavy atom. The van der Waals surface area contributed by atoms with E-state index in [2.05, 4.69) is 10.1 Å². The predicted molar refractivity (Wildman–Crippen MR) is 134 cm³/mol. The molecule has 0 radical (unpaired) electrons. The molecule has 2 aromatic rings. The Bertz CT molecular complexity index is 1190. The number of aromatic nitrogens is 3. The maximum Gasteiger partial charge on any atom is 0.433 e. The van der Waals surface area contributed by atoms with E-state index in [0.29, 0.717) is 12.8 Å². The van der Waals surface area contributed by atoms with Gasteiger partial charge in [0.1, 0.15) is 0 Å². The van der Waals surface area contributed by atoms with E-state index in [1.165, 1.54) is 12.4 Å². The lowest BCUT2D eigenvalue weighted by Crippen LogP contribution is -2.44. The van der Waals surface area contributed by atoms with Gasteiger partial charge < -0.3 is 10.0 Å². The van der Waals surface area contributed by atoms with Crippen LogP contribution in [0, 0.1) is 5.41 Å². The third-order valence-electron chi connectivity index (χ3n) is 7.31. The Balaban J connectivity index is 2.00. The van der Waals surface area contributed by atoms with E-state index in [1.807, 2.05) is 0 Å². The molecule has 3 rings (SSSR count). The third kappa shape index (κ3) is 5.98. The third-order valence-corrected chi connectivity index (χ3v) is 7.88. The fraction of sp³-hybridized carbons (Fsp3) is 0.560. The number of carboxylic acids is 1. The lowest BCUT2D eigenvalue weighted by molar-refractivity contribution is -0.152. The van der Waals surface area contributed by atoms with Gasteiger partial charge in [0.2, 0.25) is 0 Å². The standard InChI is InChI=1S/C25H29Cl2F3N4O4/c1-4-14(5-2)33(13-19(35)20-17(26)11-31-12-18(20)27)22(36)16-10-32-34(21(16)25(28,29)30)15-6-8-24(3,9-7-15)23(37)38/h10-12,14-15H,4-9,13H2,1-3H3,(H,37,38)/t15-,24-. The van der Waals surface area contributed by atoms with Crippen LogP contribution in [0.2, 0.25) is 10.0 Å². The van der Waals surface area contributed by atoms with E-state index in [9.17, 15) is 32.7 Å². The van der Waals surface area contributed by atoms with Gasteiger partial charge in [-0.2, -0.15) is 18.3 Å². The second-order valence-corrected chi connectivity index (χ2v) is 10.6. The molecule has 0 aliphatic heterocycles. The monoisotopic (exact) mass is 576 g/mol. The summed E-state index contributed by atoms with van der Waals surface area (Å²) in [6, 6.07) is -1.26. The molecule has 208 valence electrons. The van der Waals surface area contributed by atoms with Crippen molar-refractivity contribution >= 4 is 40.9 Å². The Kier molecular flexibility index (Phi) is 9.13.